The van der Waals surface area contributed by atoms with Gasteiger partial charge in [0.15, 0.2) is 0 Å². The molecule has 31 heavy (non-hydrogen) atoms. The number of halogens is 1. The number of nitrogens with one attached hydrogen (secondary N) is 1. The van der Waals surface area contributed by atoms with Crippen LogP contribution in [0.2, 0.25) is 0 Å². The van der Waals surface area contributed by atoms with Crippen molar-refractivity contribution in [3.63, 3.8) is 0 Å². The van der Waals surface area contributed by atoms with Gasteiger partial charge in [-0.05, 0) is 30.2 Å². The van der Waals surface area contributed by atoms with Crippen molar-refractivity contribution in [1.82, 2.24) is 14.8 Å². The molecule has 7 nitrogen and oxygen atoms in total. The summed E-state index contributed by atoms with van der Waals surface area (Å²) in [5.41, 5.74) is 3.21. The van der Waals surface area contributed by atoms with Crippen molar-refractivity contribution in [2.24, 2.45) is 0 Å². The number of ether oxygens (including phenoxy) is 2. The summed E-state index contributed by atoms with van der Waals surface area (Å²) in [6.45, 7) is 0.974. The van der Waals surface area contributed by atoms with E-state index in [0.29, 0.717) is 30.8 Å². The fourth-order valence-corrected chi connectivity index (χ4v) is 4.51. The molecule has 0 spiro atoms. The molecule has 8 heteroatoms. The van der Waals surface area contributed by atoms with Gasteiger partial charge in [-0.3, -0.25) is 9.69 Å². The van der Waals surface area contributed by atoms with Crippen molar-refractivity contribution in [2.45, 2.75) is 12.5 Å². The summed E-state index contributed by atoms with van der Waals surface area (Å²) < 4.78 is 25.2. The lowest BCUT2D eigenvalue weighted by atomic mass is 9.91. The Kier molecular flexibility index (Phi) is 4.77. The van der Waals surface area contributed by atoms with Crippen LogP contribution >= 0.6 is 0 Å². The number of aromatic nitrogens is 1. The number of hydrogen-bond donors (Lipinski definition) is 1. The van der Waals surface area contributed by atoms with Gasteiger partial charge in [0, 0.05) is 34.8 Å². The number of aromatic amines is 1. The Hall–Kier alpha value is -3.55. The van der Waals surface area contributed by atoms with Gasteiger partial charge < -0.3 is 19.4 Å². The van der Waals surface area contributed by atoms with Gasteiger partial charge in [0.25, 0.3) is 0 Å². The molecule has 1 fully saturated rings. The Morgan fingerprint density at radius 2 is 2.10 bits per heavy atom. The number of methoxy groups -OCH3 is 1. The number of nitrogens with zero attached hydrogens (tertiary/aromatic N) is 2. The maximum atomic E-state index is 15.2. The third kappa shape index (κ3) is 3.28. The predicted molar refractivity (Wildman–Crippen MR) is 111 cm³/mol. The number of carbonyl (C=O) groups is 2. The second-order valence-electron chi connectivity index (χ2n) is 7.73. The molecule has 160 valence electrons. The highest BCUT2D eigenvalue weighted by Gasteiger charge is 2.37. The molecule has 3 heterocycles. The van der Waals surface area contributed by atoms with Crippen molar-refractivity contribution < 1.29 is 23.5 Å². The summed E-state index contributed by atoms with van der Waals surface area (Å²) in [5, 5.41) is 1.08. The molecular weight excluding hydrogens is 401 g/mol. The first kappa shape index (κ1) is 19.4. The lowest BCUT2D eigenvalue weighted by molar-refractivity contribution is -0.133. The van der Waals surface area contributed by atoms with E-state index in [9.17, 15) is 9.59 Å². The molecule has 1 atom stereocenters. The van der Waals surface area contributed by atoms with Gasteiger partial charge in [0.1, 0.15) is 30.8 Å². The van der Waals surface area contributed by atoms with Crippen molar-refractivity contribution in [3.8, 4) is 5.75 Å². The van der Waals surface area contributed by atoms with E-state index in [1.807, 2.05) is 24.3 Å². The first-order valence-corrected chi connectivity index (χ1v) is 10.2. The zero-order valence-electron chi connectivity index (χ0n) is 17.1. The zero-order valence-corrected chi connectivity index (χ0v) is 17.1. The topological polar surface area (TPSA) is 74.9 Å². The highest BCUT2D eigenvalue weighted by Crippen LogP contribution is 2.40. The van der Waals surface area contributed by atoms with Crippen LogP contribution < -0.4 is 4.74 Å². The van der Waals surface area contributed by atoms with E-state index in [2.05, 4.69) is 4.98 Å². The highest BCUT2D eigenvalue weighted by atomic mass is 19.1. The molecule has 1 saturated heterocycles. The molecule has 2 amide bonds. The van der Waals surface area contributed by atoms with Crippen LogP contribution in [-0.2, 0) is 16.0 Å². The number of para-hydroxylation sites is 1. The summed E-state index contributed by atoms with van der Waals surface area (Å²) in [5.74, 6) is -0.288. The Morgan fingerprint density at radius 1 is 1.26 bits per heavy atom. The summed E-state index contributed by atoms with van der Waals surface area (Å²) in [6, 6.07) is 12.0. The first-order chi connectivity index (χ1) is 15.1. The maximum Gasteiger partial charge on any atom is 0.410 e. The molecule has 0 radical (unpaired) electrons. The van der Waals surface area contributed by atoms with E-state index in [1.54, 1.807) is 17.0 Å². The number of cyclic esters (lactones) is 1. The van der Waals surface area contributed by atoms with Gasteiger partial charge >= 0.3 is 6.09 Å². The Labute approximate surface area is 178 Å². The maximum absolute atomic E-state index is 15.2. The van der Waals surface area contributed by atoms with E-state index in [1.165, 1.54) is 18.1 Å². The molecule has 2 aliphatic rings. The van der Waals surface area contributed by atoms with E-state index in [4.69, 9.17) is 9.47 Å². The molecule has 3 aromatic rings. The third-order valence-corrected chi connectivity index (χ3v) is 6.03. The van der Waals surface area contributed by atoms with Crippen LogP contribution in [0, 0.1) is 5.82 Å². The number of fused-ring (bicyclic) bond motifs is 3. The fourth-order valence-electron chi connectivity index (χ4n) is 4.51. The van der Waals surface area contributed by atoms with Gasteiger partial charge in [-0.1, -0.05) is 18.2 Å². The SMILES string of the molecule is COc1ccc([C@H]2c3[nH]c4ccccc4c3CCN2C(=O)CN2CCOC2=O)c(F)c1. The normalized spacial score (nSPS) is 18.3. The highest BCUT2D eigenvalue weighted by molar-refractivity contribution is 5.88. The summed E-state index contributed by atoms with van der Waals surface area (Å²) in [6.07, 6.45) is 0.146. The van der Waals surface area contributed by atoms with Gasteiger partial charge in [0.05, 0.1) is 13.7 Å². The minimum absolute atomic E-state index is 0.0946. The Balaban J connectivity index is 1.59. The molecule has 0 saturated carbocycles. The summed E-state index contributed by atoms with van der Waals surface area (Å²) >= 11 is 0. The molecule has 2 aliphatic heterocycles. The molecule has 5 rings (SSSR count). The van der Waals surface area contributed by atoms with Crippen molar-refractivity contribution >= 4 is 22.9 Å². The van der Waals surface area contributed by atoms with Gasteiger partial charge in [-0.2, -0.15) is 0 Å². The quantitative estimate of drug-likeness (QED) is 0.699. The van der Waals surface area contributed by atoms with Crippen LogP contribution in [0.5, 0.6) is 5.75 Å². The van der Waals surface area contributed by atoms with E-state index < -0.39 is 18.0 Å². The summed E-state index contributed by atoms with van der Waals surface area (Å²) in [4.78, 5) is 31.5. The number of amides is 2. The lowest BCUT2D eigenvalue weighted by Crippen LogP contribution is -2.46. The second-order valence-corrected chi connectivity index (χ2v) is 7.73. The van der Waals surface area contributed by atoms with E-state index in [0.717, 1.165) is 22.2 Å². The predicted octanol–water partition coefficient (Wildman–Crippen LogP) is 3.24. The van der Waals surface area contributed by atoms with Crippen LogP contribution in [-0.4, -0.2) is 60.1 Å². The molecule has 1 aromatic heterocycles. The molecular formula is C23H22FN3O4. The largest absolute Gasteiger partial charge is 0.497 e. The van der Waals surface area contributed by atoms with Gasteiger partial charge in [-0.15, -0.1) is 0 Å². The fraction of sp³-hybridized carbons (Fsp3) is 0.304. The van der Waals surface area contributed by atoms with Crippen LogP contribution in [0.1, 0.15) is 22.9 Å². The molecule has 1 N–H and O–H groups in total. The number of H-pyrrole nitrogens is 1. The van der Waals surface area contributed by atoms with Crippen LogP contribution in [0.25, 0.3) is 10.9 Å². The number of benzene rings is 2. The van der Waals surface area contributed by atoms with Crippen LogP contribution in [0.15, 0.2) is 42.5 Å². The smallest absolute Gasteiger partial charge is 0.410 e. The summed E-state index contributed by atoms with van der Waals surface area (Å²) in [7, 11) is 1.48. The minimum Gasteiger partial charge on any atom is -0.497 e. The van der Waals surface area contributed by atoms with Crippen LogP contribution in [0.3, 0.4) is 0 Å². The molecule has 2 aromatic carbocycles. The van der Waals surface area contributed by atoms with Gasteiger partial charge in [-0.25, -0.2) is 9.18 Å². The second kappa shape index (κ2) is 7.61. The van der Waals surface area contributed by atoms with Crippen molar-refractivity contribution in [2.75, 3.05) is 33.4 Å². The average molecular weight is 423 g/mol. The Bertz CT molecular complexity index is 1170. The number of hydrogen-bond acceptors (Lipinski definition) is 4. The Morgan fingerprint density at radius 3 is 2.84 bits per heavy atom. The van der Waals surface area contributed by atoms with Crippen LogP contribution in [0.4, 0.5) is 9.18 Å². The lowest BCUT2D eigenvalue weighted by Gasteiger charge is -2.37. The third-order valence-electron chi connectivity index (χ3n) is 6.03. The standard InChI is InChI=1S/C23H22FN3O4/c1-30-14-6-7-17(18(24)12-14)22-21-16(15-4-2-3-5-19(15)25-21)8-9-27(22)20(28)13-26-10-11-31-23(26)29/h2-7,12,22,25H,8-11,13H2,1H3/t22-/m0/s1. The molecule has 0 bridgehead atoms. The van der Waals surface area contributed by atoms with Gasteiger partial charge in [0.2, 0.25) is 5.91 Å². The monoisotopic (exact) mass is 423 g/mol. The minimum atomic E-state index is -0.631. The van der Waals surface area contributed by atoms with E-state index in [-0.39, 0.29) is 19.1 Å². The van der Waals surface area contributed by atoms with Crippen molar-refractivity contribution in [3.05, 3.63) is 65.1 Å². The molecule has 0 aliphatic carbocycles. The molecule has 0 unspecified atom stereocenters. The van der Waals surface area contributed by atoms with Crippen molar-refractivity contribution in [1.29, 1.82) is 0 Å². The average Bonchev–Trinajstić information content (AvgIpc) is 3.36. The van der Waals surface area contributed by atoms with E-state index >= 15 is 4.39 Å². The zero-order chi connectivity index (χ0) is 21.5. The number of rotatable bonds is 4. The number of carbonyl (C=O) groups excluding carboxylic acids is 2. The first-order valence-electron chi connectivity index (χ1n) is 10.2.